The Bertz CT molecular complexity index is 1020. The lowest BCUT2D eigenvalue weighted by molar-refractivity contribution is -0.124. The Kier molecular flexibility index (Phi) is 8.34. The van der Waals surface area contributed by atoms with Crippen LogP contribution in [-0.2, 0) is 17.6 Å². The normalized spacial score (nSPS) is 16.4. The molecule has 0 saturated carbocycles. The number of aromatic nitrogens is 1. The van der Waals surface area contributed by atoms with Crippen molar-refractivity contribution in [2.45, 2.75) is 91.6 Å². The quantitative estimate of drug-likeness (QED) is 0.445. The van der Waals surface area contributed by atoms with E-state index in [0.29, 0.717) is 30.5 Å². The second-order valence-electron chi connectivity index (χ2n) is 10.2. The van der Waals surface area contributed by atoms with Crippen molar-refractivity contribution in [3.63, 3.8) is 0 Å². The van der Waals surface area contributed by atoms with Crippen molar-refractivity contribution in [2.24, 2.45) is 5.41 Å². The highest BCUT2D eigenvalue weighted by atomic mass is 16.2. The third kappa shape index (κ3) is 5.78. The first kappa shape index (κ1) is 25.7. The van der Waals surface area contributed by atoms with Crippen LogP contribution in [0, 0.1) is 5.41 Å². The molecule has 3 N–H and O–H groups in total. The second kappa shape index (κ2) is 11.0. The molecule has 1 aromatic heterocycles. The molecule has 0 saturated heterocycles. The summed E-state index contributed by atoms with van der Waals surface area (Å²) in [7, 11) is 0. The van der Waals surface area contributed by atoms with Gasteiger partial charge in [-0.25, -0.2) is 0 Å². The topological polar surface area (TPSA) is 91.1 Å². The van der Waals surface area contributed by atoms with Crippen molar-refractivity contribution < 1.29 is 14.4 Å². The van der Waals surface area contributed by atoms with Crippen LogP contribution in [0.3, 0.4) is 0 Å². The molecule has 1 heterocycles. The molecule has 1 unspecified atom stereocenters. The maximum absolute atomic E-state index is 13.4. The molecule has 0 fully saturated rings. The lowest BCUT2D eigenvalue weighted by Crippen LogP contribution is -2.47. The number of H-pyrrole nitrogens is 1. The van der Waals surface area contributed by atoms with Crippen molar-refractivity contribution >= 4 is 17.6 Å². The number of unbranched alkanes of at least 4 members (excludes halogenated alkanes) is 1. The molecular formula is C28H39N3O3. The summed E-state index contributed by atoms with van der Waals surface area (Å²) in [5.41, 5.74) is 3.61. The minimum absolute atomic E-state index is 0.0901. The summed E-state index contributed by atoms with van der Waals surface area (Å²) in [5, 5.41) is 6.10. The number of aromatic amines is 1. The summed E-state index contributed by atoms with van der Waals surface area (Å²) in [6, 6.07) is 9.13. The van der Waals surface area contributed by atoms with Crippen LogP contribution < -0.4 is 10.6 Å². The molecule has 184 valence electrons. The van der Waals surface area contributed by atoms with Crippen molar-refractivity contribution in [3.8, 4) is 0 Å². The summed E-state index contributed by atoms with van der Waals surface area (Å²) in [6.07, 6.45) is 4.86. The van der Waals surface area contributed by atoms with Crippen molar-refractivity contribution in [1.29, 1.82) is 0 Å². The summed E-state index contributed by atoms with van der Waals surface area (Å²) in [6.45, 7) is 10.2. The second-order valence-corrected chi connectivity index (χ2v) is 10.2. The highest BCUT2D eigenvalue weighted by molar-refractivity contribution is 6.05. The van der Waals surface area contributed by atoms with Gasteiger partial charge in [0.1, 0.15) is 11.7 Å². The number of benzene rings is 1. The Morgan fingerprint density at radius 2 is 1.76 bits per heavy atom. The van der Waals surface area contributed by atoms with Gasteiger partial charge in [-0.15, -0.1) is 0 Å². The van der Waals surface area contributed by atoms with Crippen LogP contribution in [0.1, 0.15) is 110 Å². The van der Waals surface area contributed by atoms with Crippen LogP contribution in [0.4, 0.5) is 0 Å². The average molecular weight is 466 g/mol. The first-order valence-corrected chi connectivity index (χ1v) is 12.6. The van der Waals surface area contributed by atoms with Gasteiger partial charge in [0.15, 0.2) is 5.78 Å². The van der Waals surface area contributed by atoms with Crippen LogP contribution in [0.25, 0.3) is 0 Å². The largest absolute Gasteiger partial charge is 0.354 e. The zero-order chi connectivity index (χ0) is 24.9. The number of amides is 2. The first-order valence-electron chi connectivity index (χ1n) is 12.6. The Labute approximate surface area is 203 Å². The maximum atomic E-state index is 13.4. The molecule has 0 bridgehead atoms. The van der Waals surface area contributed by atoms with Crippen molar-refractivity contribution in [3.05, 3.63) is 58.4 Å². The van der Waals surface area contributed by atoms with E-state index < -0.39 is 6.04 Å². The molecule has 0 aliphatic heterocycles. The number of rotatable bonds is 10. The van der Waals surface area contributed by atoms with Gasteiger partial charge < -0.3 is 15.6 Å². The Morgan fingerprint density at radius 3 is 2.38 bits per heavy atom. The van der Waals surface area contributed by atoms with Gasteiger partial charge in [-0.3, -0.25) is 14.4 Å². The van der Waals surface area contributed by atoms with E-state index in [1.54, 1.807) is 0 Å². The zero-order valence-electron chi connectivity index (χ0n) is 21.2. The number of hydrogen-bond acceptors (Lipinski definition) is 3. The van der Waals surface area contributed by atoms with E-state index in [1.807, 2.05) is 44.2 Å². The average Bonchev–Trinajstić information content (AvgIpc) is 3.18. The molecule has 0 radical (unpaired) electrons. The molecule has 0 spiro atoms. The number of Topliss-reactive ketones (excluding diaryl/α,β-unsaturated/α-hetero) is 1. The third-order valence-electron chi connectivity index (χ3n) is 6.73. The van der Waals surface area contributed by atoms with Gasteiger partial charge in [0.25, 0.3) is 5.91 Å². The van der Waals surface area contributed by atoms with E-state index in [9.17, 15) is 14.4 Å². The summed E-state index contributed by atoms with van der Waals surface area (Å²) in [5.74, 6) is -0.405. The fourth-order valence-electron chi connectivity index (χ4n) is 4.96. The number of carbonyl (C=O) groups is 3. The number of nitrogens with one attached hydrogen (secondary N) is 3. The molecule has 34 heavy (non-hydrogen) atoms. The number of ketones is 1. The van der Waals surface area contributed by atoms with E-state index in [2.05, 4.69) is 36.4 Å². The Morgan fingerprint density at radius 1 is 1.06 bits per heavy atom. The van der Waals surface area contributed by atoms with E-state index in [1.165, 1.54) is 0 Å². The van der Waals surface area contributed by atoms with Crippen molar-refractivity contribution in [2.75, 3.05) is 0 Å². The van der Waals surface area contributed by atoms with Gasteiger partial charge in [-0.05, 0) is 42.2 Å². The van der Waals surface area contributed by atoms with Gasteiger partial charge in [0.05, 0.1) is 6.04 Å². The molecule has 3 rings (SSSR count). The number of hydrogen-bond donors (Lipinski definition) is 3. The van der Waals surface area contributed by atoms with Crippen LogP contribution in [0.5, 0.6) is 0 Å². The molecule has 2 amide bonds. The molecule has 1 aromatic carbocycles. The Balaban J connectivity index is 1.82. The predicted molar refractivity (Wildman–Crippen MR) is 135 cm³/mol. The summed E-state index contributed by atoms with van der Waals surface area (Å²) in [4.78, 5) is 42.7. The molecule has 1 aliphatic rings. The molecule has 2 aromatic rings. The third-order valence-corrected chi connectivity index (χ3v) is 6.73. The molecule has 6 nitrogen and oxygen atoms in total. The smallest absolute Gasteiger partial charge is 0.268 e. The van der Waals surface area contributed by atoms with Gasteiger partial charge in [0.2, 0.25) is 5.91 Å². The minimum atomic E-state index is -0.637. The lowest BCUT2D eigenvalue weighted by atomic mass is 9.75. The monoisotopic (exact) mass is 465 g/mol. The van der Waals surface area contributed by atoms with Crippen LogP contribution >= 0.6 is 0 Å². The summed E-state index contributed by atoms with van der Waals surface area (Å²) < 4.78 is 0. The maximum Gasteiger partial charge on any atom is 0.268 e. The lowest BCUT2D eigenvalue weighted by Gasteiger charge is -2.28. The van der Waals surface area contributed by atoms with Crippen LogP contribution in [0.15, 0.2) is 30.3 Å². The van der Waals surface area contributed by atoms with Crippen molar-refractivity contribution in [1.82, 2.24) is 15.6 Å². The van der Waals surface area contributed by atoms with Gasteiger partial charge in [-0.1, -0.05) is 77.8 Å². The molecule has 1 aliphatic carbocycles. The van der Waals surface area contributed by atoms with E-state index in [0.717, 1.165) is 42.5 Å². The van der Waals surface area contributed by atoms with Gasteiger partial charge in [-0.2, -0.15) is 0 Å². The highest BCUT2D eigenvalue weighted by Gasteiger charge is 2.36. The van der Waals surface area contributed by atoms with Crippen LogP contribution in [0.2, 0.25) is 0 Å². The first-order chi connectivity index (χ1) is 16.2. The molecule has 2 atom stereocenters. The number of fused-ring (bicyclic) bond motifs is 1. The predicted octanol–water partition coefficient (Wildman–Crippen LogP) is 5.29. The summed E-state index contributed by atoms with van der Waals surface area (Å²) >= 11 is 0. The fraction of sp³-hybridized carbons (Fsp3) is 0.536. The van der Waals surface area contributed by atoms with E-state index >= 15 is 0 Å². The Hall–Kier alpha value is -2.89. The van der Waals surface area contributed by atoms with Crippen LogP contribution in [-0.4, -0.2) is 28.6 Å². The standard InChI is InChI=1S/C28H39N3O3/c1-6-9-15-21(26(33)30-20(8-3)18-13-11-10-12-14-18)31-27(34)25-19(7-2)24-22(29-25)16-28(4,5)17-23(24)32/h10-14,20-21,29H,6-9,15-17H2,1-5H3,(H,30,33)(H,31,34)/t20-,21?/m0/s1. The van der Waals surface area contributed by atoms with E-state index in [4.69, 9.17) is 0 Å². The molecule has 6 heteroatoms. The van der Waals surface area contributed by atoms with Gasteiger partial charge in [0, 0.05) is 17.7 Å². The minimum Gasteiger partial charge on any atom is -0.354 e. The number of carbonyl (C=O) groups excluding carboxylic acids is 3. The highest BCUT2D eigenvalue weighted by Crippen LogP contribution is 2.37. The van der Waals surface area contributed by atoms with Gasteiger partial charge >= 0.3 is 0 Å². The molecular weight excluding hydrogens is 426 g/mol. The van der Waals surface area contributed by atoms with E-state index in [-0.39, 0.29) is 29.1 Å². The SMILES string of the molecule is CCCCC(NC(=O)c1[nH]c2c(c1CC)C(=O)CC(C)(C)C2)C(=O)N[C@@H](CC)c1ccccc1. The fourth-order valence-corrected chi connectivity index (χ4v) is 4.96. The zero-order valence-corrected chi connectivity index (χ0v) is 21.2.